The van der Waals surface area contributed by atoms with Gasteiger partial charge in [0.1, 0.15) is 11.6 Å². The number of ether oxygens (including phenoxy) is 2. The van der Waals surface area contributed by atoms with E-state index in [1.165, 1.54) is 30.5 Å². The molecule has 6 nitrogen and oxygen atoms in total. The highest BCUT2D eigenvalue weighted by molar-refractivity contribution is 5.44. The van der Waals surface area contributed by atoms with Crippen LogP contribution in [0.1, 0.15) is 48.2 Å². The third kappa shape index (κ3) is 3.93. The first kappa shape index (κ1) is 19.1. The monoisotopic (exact) mass is 396 g/mol. The minimum Gasteiger partial charge on any atom is -0.494 e. The van der Waals surface area contributed by atoms with E-state index in [1.807, 2.05) is 6.20 Å². The lowest BCUT2D eigenvalue weighted by Crippen LogP contribution is -2.37. The maximum absolute atomic E-state index is 6.16. The summed E-state index contributed by atoms with van der Waals surface area (Å²) in [4.78, 5) is 9.78. The van der Waals surface area contributed by atoms with Crippen LogP contribution in [0.4, 0.5) is 0 Å². The third-order valence-electron chi connectivity index (χ3n) is 6.73. The molecule has 2 aromatic rings. The lowest BCUT2D eigenvalue weighted by atomic mass is 9.84. The first-order valence-electron chi connectivity index (χ1n) is 11.1. The summed E-state index contributed by atoms with van der Waals surface area (Å²) in [6.07, 6.45) is 7.55. The molecule has 5 rings (SSSR count). The highest BCUT2D eigenvalue weighted by Crippen LogP contribution is 2.44. The third-order valence-corrected chi connectivity index (χ3v) is 6.73. The van der Waals surface area contributed by atoms with E-state index in [-0.39, 0.29) is 0 Å². The number of fused-ring (bicyclic) bond motifs is 3. The van der Waals surface area contributed by atoms with Gasteiger partial charge < -0.3 is 14.0 Å². The minimum absolute atomic E-state index is 0.342. The average Bonchev–Trinajstić information content (AvgIpc) is 3.40. The molecule has 0 spiro atoms. The Morgan fingerprint density at radius 1 is 1.17 bits per heavy atom. The number of aromatic nitrogens is 2. The molecular weight excluding hydrogens is 364 g/mol. The molecule has 0 amide bonds. The zero-order chi connectivity index (χ0) is 19.6. The van der Waals surface area contributed by atoms with Crippen molar-refractivity contribution in [3.8, 4) is 5.75 Å². The van der Waals surface area contributed by atoms with Crippen molar-refractivity contribution in [2.24, 2.45) is 7.05 Å². The Kier molecular flexibility index (Phi) is 5.57. The fraction of sp³-hybridized carbons (Fsp3) is 0.609. The maximum Gasteiger partial charge on any atom is 0.119 e. The van der Waals surface area contributed by atoms with Gasteiger partial charge in [-0.05, 0) is 49.1 Å². The van der Waals surface area contributed by atoms with E-state index >= 15 is 0 Å². The molecule has 156 valence electrons. The maximum atomic E-state index is 6.16. The first-order valence-corrected chi connectivity index (χ1v) is 11.1. The van der Waals surface area contributed by atoms with E-state index in [2.05, 4.69) is 50.8 Å². The Morgan fingerprint density at radius 2 is 2.07 bits per heavy atom. The predicted octanol–water partition coefficient (Wildman–Crippen LogP) is 2.80. The Hall–Kier alpha value is -1.89. The summed E-state index contributed by atoms with van der Waals surface area (Å²) in [6, 6.07) is 7.30. The zero-order valence-electron chi connectivity index (χ0n) is 17.4. The van der Waals surface area contributed by atoms with Gasteiger partial charge in [-0.1, -0.05) is 6.07 Å². The van der Waals surface area contributed by atoms with Gasteiger partial charge in [-0.15, -0.1) is 0 Å². The number of benzene rings is 1. The van der Waals surface area contributed by atoms with Gasteiger partial charge in [0.15, 0.2) is 0 Å². The molecule has 0 aliphatic carbocycles. The minimum atomic E-state index is 0.342. The van der Waals surface area contributed by atoms with Crippen molar-refractivity contribution in [1.29, 1.82) is 0 Å². The van der Waals surface area contributed by atoms with Crippen LogP contribution < -0.4 is 4.74 Å². The summed E-state index contributed by atoms with van der Waals surface area (Å²) in [5.74, 6) is 2.52. The van der Waals surface area contributed by atoms with E-state index in [0.717, 1.165) is 64.0 Å². The van der Waals surface area contributed by atoms with Crippen LogP contribution >= 0.6 is 0 Å². The molecule has 0 radical (unpaired) electrons. The largest absolute Gasteiger partial charge is 0.494 e. The van der Waals surface area contributed by atoms with Crippen LogP contribution in [0.5, 0.6) is 5.75 Å². The lowest BCUT2D eigenvalue weighted by molar-refractivity contribution is 0.0358. The Bertz CT molecular complexity index is 830. The van der Waals surface area contributed by atoms with Crippen LogP contribution in [-0.4, -0.2) is 71.9 Å². The normalized spacial score (nSPS) is 25.0. The number of hydrogen-bond acceptors (Lipinski definition) is 5. The molecule has 2 atom stereocenters. The van der Waals surface area contributed by atoms with Crippen molar-refractivity contribution in [3.63, 3.8) is 0 Å². The molecule has 0 saturated carbocycles. The number of nitrogens with zero attached hydrogens (tertiary/aromatic N) is 4. The standard InChI is InChI=1S/C23H32N4O2/c1-25-10-7-24-23(25)21-17-27-9-2-4-22(27)20-16-18(5-6-19(20)21)29-13-3-8-26-11-14-28-15-12-26/h5-7,10,16,21-22H,2-4,8-9,11-15,17H2,1H3/t21-,22-/m0/s1. The summed E-state index contributed by atoms with van der Waals surface area (Å²) in [7, 11) is 2.10. The van der Waals surface area contributed by atoms with Crippen LogP contribution in [0.3, 0.4) is 0 Å². The highest BCUT2D eigenvalue weighted by atomic mass is 16.5. The lowest BCUT2D eigenvalue weighted by Gasteiger charge is -2.37. The number of aryl methyl sites for hydroxylation is 1. The van der Waals surface area contributed by atoms with Crippen molar-refractivity contribution >= 4 is 0 Å². The van der Waals surface area contributed by atoms with E-state index < -0.39 is 0 Å². The molecule has 0 bridgehead atoms. The summed E-state index contributed by atoms with van der Waals surface area (Å²) < 4.78 is 13.8. The van der Waals surface area contributed by atoms with Crippen molar-refractivity contribution in [2.45, 2.75) is 31.2 Å². The summed E-state index contributed by atoms with van der Waals surface area (Å²) >= 11 is 0. The smallest absolute Gasteiger partial charge is 0.119 e. The van der Waals surface area contributed by atoms with Gasteiger partial charge in [0.05, 0.1) is 25.7 Å². The average molecular weight is 397 g/mol. The Labute approximate surface area is 173 Å². The number of rotatable bonds is 6. The molecule has 2 fully saturated rings. The van der Waals surface area contributed by atoms with Crippen molar-refractivity contribution in [2.75, 3.05) is 52.5 Å². The molecule has 3 aliphatic heterocycles. The van der Waals surface area contributed by atoms with Crippen molar-refractivity contribution in [3.05, 3.63) is 47.5 Å². The van der Waals surface area contributed by atoms with Crippen molar-refractivity contribution < 1.29 is 9.47 Å². The van der Waals surface area contributed by atoms with Gasteiger partial charge in [0, 0.05) is 51.7 Å². The number of hydrogen-bond donors (Lipinski definition) is 0. The fourth-order valence-corrected chi connectivity index (χ4v) is 5.21. The molecular formula is C23H32N4O2. The van der Waals surface area contributed by atoms with E-state index in [4.69, 9.17) is 9.47 Å². The van der Waals surface area contributed by atoms with Crippen LogP contribution in [0.2, 0.25) is 0 Å². The number of morpholine rings is 1. The summed E-state index contributed by atoms with van der Waals surface area (Å²) in [6.45, 7) is 7.94. The van der Waals surface area contributed by atoms with Crippen LogP contribution in [-0.2, 0) is 11.8 Å². The highest BCUT2D eigenvalue weighted by Gasteiger charge is 2.37. The summed E-state index contributed by atoms with van der Waals surface area (Å²) in [5.41, 5.74) is 2.88. The number of imidazole rings is 1. The fourth-order valence-electron chi connectivity index (χ4n) is 5.21. The topological polar surface area (TPSA) is 42.8 Å². The van der Waals surface area contributed by atoms with Gasteiger partial charge in [-0.2, -0.15) is 0 Å². The van der Waals surface area contributed by atoms with Gasteiger partial charge in [0.25, 0.3) is 0 Å². The summed E-state index contributed by atoms with van der Waals surface area (Å²) in [5, 5.41) is 0. The SMILES string of the molecule is Cn1ccnc1[C@H]1CN2CCC[C@H]2c2cc(OCCCN3CCOCC3)ccc21. The molecule has 2 saturated heterocycles. The van der Waals surface area contributed by atoms with E-state index in [1.54, 1.807) is 0 Å². The molecule has 0 unspecified atom stereocenters. The van der Waals surface area contributed by atoms with E-state index in [0.29, 0.717) is 12.0 Å². The van der Waals surface area contributed by atoms with Crippen LogP contribution in [0.15, 0.2) is 30.6 Å². The van der Waals surface area contributed by atoms with E-state index in [9.17, 15) is 0 Å². The van der Waals surface area contributed by atoms with Crippen LogP contribution in [0.25, 0.3) is 0 Å². The van der Waals surface area contributed by atoms with Gasteiger partial charge in [-0.25, -0.2) is 4.98 Å². The Morgan fingerprint density at radius 3 is 2.90 bits per heavy atom. The molecule has 1 aromatic heterocycles. The quantitative estimate of drug-likeness (QED) is 0.703. The first-order chi connectivity index (χ1) is 14.3. The second kappa shape index (κ2) is 8.46. The molecule has 3 aliphatic rings. The second-order valence-electron chi connectivity index (χ2n) is 8.55. The zero-order valence-corrected chi connectivity index (χ0v) is 17.4. The van der Waals surface area contributed by atoms with Crippen LogP contribution in [0, 0.1) is 0 Å². The second-order valence-corrected chi connectivity index (χ2v) is 8.55. The molecule has 1 aromatic carbocycles. The van der Waals surface area contributed by atoms with Crippen molar-refractivity contribution in [1.82, 2.24) is 19.4 Å². The van der Waals surface area contributed by atoms with Gasteiger partial charge >= 0.3 is 0 Å². The molecule has 4 heterocycles. The predicted molar refractivity (Wildman–Crippen MR) is 112 cm³/mol. The molecule has 6 heteroatoms. The molecule has 0 N–H and O–H groups in total. The Balaban J connectivity index is 1.29. The molecule has 29 heavy (non-hydrogen) atoms. The van der Waals surface area contributed by atoms with Gasteiger partial charge in [0.2, 0.25) is 0 Å². The van der Waals surface area contributed by atoms with Gasteiger partial charge in [-0.3, -0.25) is 9.80 Å².